The Bertz CT molecular complexity index is 610. The molecule has 1 aromatic carbocycles. The van der Waals surface area contributed by atoms with Gasteiger partial charge < -0.3 is 10.1 Å². The molecule has 0 aromatic heterocycles. The Balaban J connectivity index is 2.71. The normalized spacial score (nSPS) is 10.8. The van der Waals surface area contributed by atoms with Crippen molar-refractivity contribution in [2.45, 2.75) is 6.92 Å². The van der Waals surface area contributed by atoms with Crippen LogP contribution in [0.5, 0.6) is 0 Å². The number of rotatable bonds is 5. The maximum absolute atomic E-state index is 11.6. The molecule has 116 valence electrons. The molecule has 0 heterocycles. The highest BCUT2D eigenvalue weighted by Gasteiger charge is 2.15. The van der Waals surface area contributed by atoms with E-state index in [2.05, 4.69) is 10.1 Å². The standard InChI is InChI=1S/C13H18N2O5S/c1-4-21(18,19)9-12(16)14-10-5-7-11(8-6-10)15(2)13(17)20-3/h5-8H,4,9H2,1-3H3,(H,14,16). The summed E-state index contributed by atoms with van der Waals surface area (Å²) in [6, 6.07) is 6.37. The van der Waals surface area contributed by atoms with Gasteiger partial charge in [-0.2, -0.15) is 0 Å². The molecule has 0 aliphatic rings. The Morgan fingerprint density at radius 3 is 2.29 bits per heavy atom. The number of sulfone groups is 1. The first-order chi connectivity index (χ1) is 9.79. The Morgan fingerprint density at radius 1 is 1.24 bits per heavy atom. The first-order valence-corrected chi connectivity index (χ1v) is 8.03. The van der Waals surface area contributed by atoms with E-state index in [1.54, 1.807) is 31.3 Å². The number of amides is 2. The number of carbonyl (C=O) groups excluding carboxylic acids is 2. The van der Waals surface area contributed by atoms with E-state index in [0.717, 1.165) is 0 Å². The minimum atomic E-state index is -3.36. The minimum absolute atomic E-state index is 0.0801. The van der Waals surface area contributed by atoms with Crippen LogP contribution in [0.25, 0.3) is 0 Å². The van der Waals surface area contributed by atoms with Crippen LogP contribution in [0.4, 0.5) is 16.2 Å². The summed E-state index contributed by atoms with van der Waals surface area (Å²) >= 11 is 0. The first-order valence-electron chi connectivity index (χ1n) is 6.21. The molecule has 1 N–H and O–H groups in total. The smallest absolute Gasteiger partial charge is 0.413 e. The van der Waals surface area contributed by atoms with E-state index < -0.39 is 27.6 Å². The first kappa shape index (κ1) is 17.0. The van der Waals surface area contributed by atoms with Crippen LogP contribution < -0.4 is 10.2 Å². The van der Waals surface area contributed by atoms with E-state index in [0.29, 0.717) is 11.4 Å². The van der Waals surface area contributed by atoms with Gasteiger partial charge in [-0.1, -0.05) is 6.92 Å². The van der Waals surface area contributed by atoms with Gasteiger partial charge in [0.1, 0.15) is 5.75 Å². The largest absolute Gasteiger partial charge is 0.452 e. The molecule has 0 fully saturated rings. The summed E-state index contributed by atoms with van der Waals surface area (Å²) < 4.78 is 27.2. The van der Waals surface area contributed by atoms with E-state index >= 15 is 0 Å². The second-order valence-electron chi connectivity index (χ2n) is 4.30. The molecule has 21 heavy (non-hydrogen) atoms. The van der Waals surface area contributed by atoms with Crippen molar-refractivity contribution in [3.05, 3.63) is 24.3 Å². The van der Waals surface area contributed by atoms with E-state index in [1.807, 2.05) is 0 Å². The van der Waals surface area contributed by atoms with Crippen LogP contribution in [-0.4, -0.2) is 46.1 Å². The molecule has 0 aliphatic heterocycles. The summed E-state index contributed by atoms with van der Waals surface area (Å²) in [5.41, 5.74) is 1.04. The summed E-state index contributed by atoms with van der Waals surface area (Å²) in [4.78, 5) is 24.2. The third kappa shape index (κ3) is 5.07. The third-order valence-corrected chi connectivity index (χ3v) is 4.36. The van der Waals surface area contributed by atoms with Crippen LogP contribution >= 0.6 is 0 Å². The topological polar surface area (TPSA) is 92.8 Å². The van der Waals surface area contributed by atoms with Crippen LogP contribution in [0.3, 0.4) is 0 Å². The number of hydrogen-bond donors (Lipinski definition) is 1. The Morgan fingerprint density at radius 2 is 1.81 bits per heavy atom. The fourth-order valence-electron chi connectivity index (χ4n) is 1.51. The number of ether oxygens (including phenoxy) is 1. The maximum Gasteiger partial charge on any atom is 0.413 e. The molecule has 7 nitrogen and oxygen atoms in total. The SMILES string of the molecule is CCS(=O)(=O)CC(=O)Nc1ccc(N(C)C(=O)OC)cc1. The van der Waals surface area contributed by atoms with Crippen molar-refractivity contribution >= 4 is 33.2 Å². The second kappa shape index (κ2) is 7.07. The zero-order chi connectivity index (χ0) is 16.0. The predicted octanol–water partition coefficient (Wildman–Crippen LogP) is 1.26. The van der Waals surface area contributed by atoms with Crippen LogP contribution in [0.2, 0.25) is 0 Å². The van der Waals surface area contributed by atoms with Gasteiger partial charge in [0.05, 0.1) is 7.11 Å². The zero-order valence-electron chi connectivity index (χ0n) is 12.1. The van der Waals surface area contributed by atoms with Crippen molar-refractivity contribution in [3.8, 4) is 0 Å². The van der Waals surface area contributed by atoms with E-state index in [4.69, 9.17) is 0 Å². The lowest BCUT2D eigenvalue weighted by Gasteiger charge is -2.15. The Labute approximate surface area is 123 Å². The monoisotopic (exact) mass is 314 g/mol. The molecule has 0 spiro atoms. The average Bonchev–Trinajstić information content (AvgIpc) is 2.45. The number of anilines is 2. The lowest BCUT2D eigenvalue weighted by Crippen LogP contribution is -2.26. The molecule has 1 aromatic rings. The molecule has 8 heteroatoms. The summed E-state index contributed by atoms with van der Waals surface area (Å²) in [7, 11) is -0.528. The number of hydrogen-bond acceptors (Lipinski definition) is 5. The number of benzene rings is 1. The fraction of sp³-hybridized carbons (Fsp3) is 0.385. The molecule has 0 unspecified atom stereocenters. The molecule has 0 saturated heterocycles. The van der Waals surface area contributed by atoms with E-state index in [-0.39, 0.29) is 5.75 Å². The maximum atomic E-state index is 11.6. The number of nitrogens with zero attached hydrogens (tertiary/aromatic N) is 1. The van der Waals surface area contributed by atoms with E-state index in [9.17, 15) is 18.0 Å². The molecular formula is C13H18N2O5S. The van der Waals surface area contributed by atoms with Crippen LogP contribution in [0.15, 0.2) is 24.3 Å². The van der Waals surface area contributed by atoms with Crippen molar-refractivity contribution in [1.82, 2.24) is 0 Å². The van der Waals surface area contributed by atoms with Crippen molar-refractivity contribution in [2.75, 3.05) is 35.9 Å². The highest BCUT2D eigenvalue weighted by atomic mass is 32.2. The molecule has 0 radical (unpaired) electrons. The third-order valence-electron chi connectivity index (χ3n) is 2.78. The number of methoxy groups -OCH3 is 1. The minimum Gasteiger partial charge on any atom is -0.452 e. The summed E-state index contributed by atoms with van der Waals surface area (Å²) in [6.07, 6.45) is -0.513. The summed E-state index contributed by atoms with van der Waals surface area (Å²) in [5, 5.41) is 2.49. The van der Waals surface area contributed by atoms with Gasteiger partial charge in [-0.15, -0.1) is 0 Å². The average molecular weight is 314 g/mol. The molecule has 0 bridgehead atoms. The highest BCUT2D eigenvalue weighted by molar-refractivity contribution is 7.92. The van der Waals surface area contributed by atoms with Crippen molar-refractivity contribution in [1.29, 1.82) is 0 Å². The molecule has 0 atom stereocenters. The van der Waals surface area contributed by atoms with Crippen LogP contribution in [0.1, 0.15) is 6.92 Å². The van der Waals surface area contributed by atoms with Gasteiger partial charge >= 0.3 is 6.09 Å². The summed E-state index contributed by atoms with van der Waals surface area (Å²) in [6.45, 7) is 1.49. The molecule has 0 saturated carbocycles. The van der Waals surface area contributed by atoms with Crippen LogP contribution in [0, 0.1) is 0 Å². The second-order valence-corrected chi connectivity index (χ2v) is 6.65. The van der Waals surface area contributed by atoms with Crippen molar-refractivity contribution in [2.24, 2.45) is 0 Å². The summed E-state index contributed by atoms with van der Waals surface area (Å²) in [5.74, 6) is -1.22. The lowest BCUT2D eigenvalue weighted by molar-refractivity contribution is -0.113. The highest BCUT2D eigenvalue weighted by Crippen LogP contribution is 2.17. The van der Waals surface area contributed by atoms with Gasteiger partial charge in [-0.05, 0) is 24.3 Å². The molecule has 2 amide bonds. The van der Waals surface area contributed by atoms with Crippen LogP contribution in [-0.2, 0) is 19.4 Å². The van der Waals surface area contributed by atoms with Crippen molar-refractivity contribution < 1.29 is 22.7 Å². The lowest BCUT2D eigenvalue weighted by atomic mass is 10.2. The van der Waals surface area contributed by atoms with Gasteiger partial charge in [-0.25, -0.2) is 13.2 Å². The van der Waals surface area contributed by atoms with Crippen molar-refractivity contribution in [3.63, 3.8) is 0 Å². The number of carbonyl (C=O) groups is 2. The Kier molecular flexibility index (Phi) is 5.71. The zero-order valence-corrected chi connectivity index (χ0v) is 12.9. The number of nitrogens with one attached hydrogen (secondary N) is 1. The molecule has 0 aliphatic carbocycles. The van der Waals surface area contributed by atoms with Gasteiger partial charge in [0.15, 0.2) is 9.84 Å². The Hall–Kier alpha value is -2.09. The fourth-order valence-corrected chi connectivity index (χ4v) is 2.19. The predicted molar refractivity (Wildman–Crippen MR) is 80.2 cm³/mol. The van der Waals surface area contributed by atoms with Gasteiger partial charge in [-0.3, -0.25) is 9.69 Å². The quantitative estimate of drug-likeness (QED) is 0.883. The van der Waals surface area contributed by atoms with E-state index in [1.165, 1.54) is 18.9 Å². The molecular weight excluding hydrogens is 296 g/mol. The van der Waals surface area contributed by atoms with Gasteiger partial charge in [0.25, 0.3) is 0 Å². The molecule has 1 rings (SSSR count). The van der Waals surface area contributed by atoms with Gasteiger partial charge in [0, 0.05) is 24.2 Å². The van der Waals surface area contributed by atoms with Gasteiger partial charge in [0.2, 0.25) is 5.91 Å².